The number of nitro groups is 1. The average Bonchev–Trinajstić information content (AvgIpc) is 2.15. The molecule has 1 aromatic rings. The highest BCUT2D eigenvalue weighted by atomic mass is 16.6. The Hall–Kier alpha value is -1.42. The summed E-state index contributed by atoms with van der Waals surface area (Å²) in [5, 5.41) is 13.9. The van der Waals surface area contributed by atoms with E-state index in [-0.39, 0.29) is 22.2 Å². The molecular formula is C12H18N2O2. The van der Waals surface area contributed by atoms with Crippen LogP contribution in [0.4, 0.5) is 5.69 Å². The summed E-state index contributed by atoms with van der Waals surface area (Å²) in [4.78, 5) is 10.1. The van der Waals surface area contributed by atoms with E-state index in [9.17, 15) is 10.1 Å². The molecule has 0 heterocycles. The van der Waals surface area contributed by atoms with Crippen LogP contribution in [0.5, 0.6) is 0 Å². The van der Waals surface area contributed by atoms with Crippen molar-refractivity contribution in [2.45, 2.75) is 39.3 Å². The van der Waals surface area contributed by atoms with Gasteiger partial charge >= 0.3 is 0 Å². The van der Waals surface area contributed by atoms with Gasteiger partial charge in [-0.05, 0) is 33.3 Å². The fraction of sp³-hybridized carbons (Fsp3) is 0.500. The molecular weight excluding hydrogens is 204 g/mol. The predicted octanol–water partition coefficient (Wildman–Crippen LogP) is 3.04. The largest absolute Gasteiger partial charge is 0.306 e. The molecule has 0 amide bonds. The highest BCUT2D eigenvalue weighted by Gasteiger charge is 2.15. The van der Waals surface area contributed by atoms with E-state index < -0.39 is 0 Å². The fourth-order valence-electron chi connectivity index (χ4n) is 1.62. The Bertz CT molecular complexity index is 366. The zero-order valence-electron chi connectivity index (χ0n) is 10.2. The molecule has 0 saturated heterocycles. The maximum absolute atomic E-state index is 10.5. The van der Waals surface area contributed by atoms with Crippen LogP contribution in [0.15, 0.2) is 24.3 Å². The van der Waals surface area contributed by atoms with Gasteiger partial charge in [-0.1, -0.05) is 12.1 Å². The molecule has 0 aromatic heterocycles. The quantitative estimate of drug-likeness (QED) is 0.631. The van der Waals surface area contributed by atoms with Gasteiger partial charge < -0.3 is 5.32 Å². The number of nitrogens with one attached hydrogen (secondary N) is 1. The third-order valence-electron chi connectivity index (χ3n) is 2.25. The summed E-state index contributed by atoms with van der Waals surface area (Å²) in [6, 6.07) is 6.84. The van der Waals surface area contributed by atoms with Gasteiger partial charge in [0.2, 0.25) is 0 Å². The maximum Gasteiger partial charge on any atom is 0.269 e. The van der Waals surface area contributed by atoms with Gasteiger partial charge in [-0.3, -0.25) is 10.1 Å². The second-order valence-corrected chi connectivity index (χ2v) is 4.96. The molecule has 4 nitrogen and oxygen atoms in total. The minimum Gasteiger partial charge on any atom is -0.306 e. The standard InChI is InChI=1S/C12H18N2O2/c1-9(13-12(2,3)4)10-5-7-11(8-6-10)14(15)16/h5-9,13H,1-4H3. The normalized spacial score (nSPS) is 13.5. The molecule has 16 heavy (non-hydrogen) atoms. The molecule has 0 aliphatic rings. The molecule has 0 radical (unpaired) electrons. The monoisotopic (exact) mass is 222 g/mol. The number of nitrogens with zero attached hydrogens (tertiary/aromatic N) is 1. The van der Waals surface area contributed by atoms with Crippen LogP contribution < -0.4 is 5.32 Å². The van der Waals surface area contributed by atoms with Crippen LogP contribution in [-0.4, -0.2) is 10.5 Å². The maximum atomic E-state index is 10.5. The lowest BCUT2D eigenvalue weighted by Gasteiger charge is -2.26. The fourth-order valence-corrected chi connectivity index (χ4v) is 1.62. The molecule has 88 valence electrons. The van der Waals surface area contributed by atoms with Crippen molar-refractivity contribution in [3.8, 4) is 0 Å². The van der Waals surface area contributed by atoms with Gasteiger partial charge in [0.05, 0.1) is 4.92 Å². The number of benzene rings is 1. The molecule has 4 heteroatoms. The van der Waals surface area contributed by atoms with Crippen molar-refractivity contribution in [3.05, 3.63) is 39.9 Å². The third-order valence-corrected chi connectivity index (χ3v) is 2.25. The third kappa shape index (κ3) is 3.62. The highest BCUT2D eigenvalue weighted by molar-refractivity contribution is 5.34. The second kappa shape index (κ2) is 4.61. The van der Waals surface area contributed by atoms with E-state index in [0.717, 1.165) is 5.56 Å². The molecule has 1 N–H and O–H groups in total. The van der Waals surface area contributed by atoms with Crippen molar-refractivity contribution in [1.82, 2.24) is 5.32 Å². The lowest BCUT2D eigenvalue weighted by atomic mass is 10.0. The van der Waals surface area contributed by atoms with Crippen LogP contribution in [0.2, 0.25) is 0 Å². The second-order valence-electron chi connectivity index (χ2n) is 4.96. The topological polar surface area (TPSA) is 55.2 Å². The first-order chi connectivity index (χ1) is 7.29. The molecule has 1 unspecified atom stereocenters. The van der Waals surface area contributed by atoms with E-state index in [1.807, 2.05) is 6.92 Å². The van der Waals surface area contributed by atoms with E-state index in [1.54, 1.807) is 12.1 Å². The molecule has 0 saturated carbocycles. The summed E-state index contributed by atoms with van der Waals surface area (Å²) in [5.41, 5.74) is 1.22. The van der Waals surface area contributed by atoms with Crippen LogP contribution in [0.25, 0.3) is 0 Å². The Morgan fingerprint density at radius 2 is 1.75 bits per heavy atom. The zero-order valence-corrected chi connectivity index (χ0v) is 10.2. The minimum absolute atomic E-state index is 0.0290. The summed E-state index contributed by atoms with van der Waals surface area (Å²) in [6.07, 6.45) is 0. The summed E-state index contributed by atoms with van der Waals surface area (Å²) >= 11 is 0. The van der Waals surface area contributed by atoms with E-state index >= 15 is 0 Å². The number of nitro benzene ring substituents is 1. The molecule has 0 fully saturated rings. The van der Waals surface area contributed by atoms with Gasteiger partial charge in [0.25, 0.3) is 5.69 Å². The molecule has 1 rings (SSSR count). The van der Waals surface area contributed by atoms with Gasteiger partial charge in [-0.25, -0.2) is 0 Å². The lowest BCUT2D eigenvalue weighted by molar-refractivity contribution is -0.384. The summed E-state index contributed by atoms with van der Waals surface area (Å²) < 4.78 is 0. The van der Waals surface area contributed by atoms with Crippen molar-refractivity contribution in [2.24, 2.45) is 0 Å². The van der Waals surface area contributed by atoms with E-state index in [0.29, 0.717) is 0 Å². The van der Waals surface area contributed by atoms with Gasteiger partial charge in [-0.2, -0.15) is 0 Å². The van der Waals surface area contributed by atoms with Crippen LogP contribution in [0.1, 0.15) is 39.3 Å². The van der Waals surface area contributed by atoms with E-state index in [1.165, 1.54) is 12.1 Å². The van der Waals surface area contributed by atoms with Crippen LogP contribution >= 0.6 is 0 Å². The number of hydrogen-bond acceptors (Lipinski definition) is 3. The Morgan fingerprint density at radius 1 is 1.25 bits per heavy atom. The van der Waals surface area contributed by atoms with Crippen molar-refractivity contribution < 1.29 is 4.92 Å². The minimum atomic E-state index is -0.383. The van der Waals surface area contributed by atoms with Gasteiger partial charge in [0.15, 0.2) is 0 Å². The van der Waals surface area contributed by atoms with Crippen molar-refractivity contribution >= 4 is 5.69 Å². The Balaban J connectivity index is 2.78. The molecule has 0 aliphatic carbocycles. The van der Waals surface area contributed by atoms with Gasteiger partial charge in [0, 0.05) is 23.7 Å². The van der Waals surface area contributed by atoms with Crippen molar-refractivity contribution in [1.29, 1.82) is 0 Å². The molecule has 0 spiro atoms. The Morgan fingerprint density at radius 3 is 2.12 bits per heavy atom. The first kappa shape index (κ1) is 12.6. The van der Waals surface area contributed by atoms with Crippen LogP contribution in [-0.2, 0) is 0 Å². The molecule has 1 aromatic carbocycles. The lowest BCUT2D eigenvalue weighted by Crippen LogP contribution is -2.37. The molecule has 0 aliphatic heterocycles. The highest BCUT2D eigenvalue weighted by Crippen LogP contribution is 2.19. The van der Waals surface area contributed by atoms with E-state index in [2.05, 4.69) is 26.1 Å². The van der Waals surface area contributed by atoms with Crippen LogP contribution in [0, 0.1) is 10.1 Å². The summed E-state index contributed by atoms with van der Waals surface area (Å²) in [6.45, 7) is 8.32. The van der Waals surface area contributed by atoms with Crippen LogP contribution in [0.3, 0.4) is 0 Å². The van der Waals surface area contributed by atoms with Gasteiger partial charge in [0.1, 0.15) is 0 Å². The van der Waals surface area contributed by atoms with Crippen molar-refractivity contribution in [3.63, 3.8) is 0 Å². The van der Waals surface area contributed by atoms with Crippen molar-refractivity contribution in [2.75, 3.05) is 0 Å². The molecule has 0 bridgehead atoms. The molecule has 1 atom stereocenters. The SMILES string of the molecule is CC(NC(C)(C)C)c1ccc([N+](=O)[O-])cc1. The first-order valence-corrected chi connectivity index (χ1v) is 5.31. The Labute approximate surface area is 95.8 Å². The number of rotatable bonds is 3. The van der Waals surface area contributed by atoms with E-state index in [4.69, 9.17) is 0 Å². The van der Waals surface area contributed by atoms with Gasteiger partial charge in [-0.15, -0.1) is 0 Å². The zero-order chi connectivity index (χ0) is 12.3. The first-order valence-electron chi connectivity index (χ1n) is 5.31. The number of hydrogen-bond donors (Lipinski definition) is 1. The smallest absolute Gasteiger partial charge is 0.269 e. The number of non-ortho nitro benzene ring substituents is 1. The summed E-state index contributed by atoms with van der Waals surface area (Å²) in [5.74, 6) is 0. The predicted molar refractivity (Wildman–Crippen MR) is 64.4 cm³/mol. The average molecular weight is 222 g/mol. The Kier molecular flexibility index (Phi) is 3.65. The summed E-state index contributed by atoms with van der Waals surface area (Å²) in [7, 11) is 0.